The van der Waals surface area contributed by atoms with E-state index >= 15 is 0 Å². The van der Waals surface area contributed by atoms with Gasteiger partial charge >= 0.3 is 0 Å². The fraction of sp³-hybridized carbons (Fsp3) is 0.600. The van der Waals surface area contributed by atoms with Crippen LogP contribution in [0.3, 0.4) is 0 Å². The van der Waals surface area contributed by atoms with Crippen molar-refractivity contribution < 1.29 is 9.53 Å². The first kappa shape index (κ1) is 16.4. The van der Waals surface area contributed by atoms with E-state index in [9.17, 15) is 4.79 Å². The van der Waals surface area contributed by atoms with Crippen LogP contribution in [0.25, 0.3) is 0 Å². The summed E-state index contributed by atoms with van der Waals surface area (Å²) in [7, 11) is 1.56. The van der Waals surface area contributed by atoms with Crippen molar-refractivity contribution in [1.29, 1.82) is 0 Å². The van der Waals surface area contributed by atoms with E-state index < -0.39 is 0 Å². The third-order valence-corrected chi connectivity index (χ3v) is 3.45. The molecule has 20 heavy (non-hydrogen) atoms. The van der Waals surface area contributed by atoms with E-state index in [1.54, 1.807) is 25.4 Å². The second-order valence-corrected chi connectivity index (χ2v) is 5.26. The zero-order valence-corrected chi connectivity index (χ0v) is 12.6. The Morgan fingerprint density at radius 2 is 2.15 bits per heavy atom. The Morgan fingerprint density at radius 3 is 2.65 bits per heavy atom. The maximum atomic E-state index is 11.9. The molecule has 1 amide bonds. The molecule has 1 aromatic heterocycles. The number of carbonyl (C=O) groups excluding carboxylic acids is 1. The molecule has 1 atom stereocenters. The summed E-state index contributed by atoms with van der Waals surface area (Å²) >= 11 is 0. The zero-order chi connectivity index (χ0) is 15.0. The van der Waals surface area contributed by atoms with Crippen LogP contribution in [0.1, 0.15) is 33.1 Å². The van der Waals surface area contributed by atoms with Crippen molar-refractivity contribution in [3.05, 3.63) is 18.3 Å². The highest BCUT2D eigenvalue weighted by Gasteiger charge is 2.14. The Hall–Kier alpha value is -1.62. The summed E-state index contributed by atoms with van der Waals surface area (Å²) in [5.74, 6) is 1.60. The molecule has 1 unspecified atom stereocenters. The number of nitrogens with one attached hydrogen (secondary N) is 1. The Kier molecular flexibility index (Phi) is 7.01. The van der Waals surface area contributed by atoms with Gasteiger partial charge in [-0.2, -0.15) is 0 Å². The molecule has 112 valence electrons. The first-order valence-corrected chi connectivity index (χ1v) is 7.06. The summed E-state index contributed by atoms with van der Waals surface area (Å²) in [4.78, 5) is 15.9. The normalized spacial score (nSPS) is 12.2. The Balaban J connectivity index is 2.42. The van der Waals surface area contributed by atoms with Crippen molar-refractivity contribution in [1.82, 2.24) is 4.98 Å². The van der Waals surface area contributed by atoms with Crippen molar-refractivity contribution in [2.24, 2.45) is 17.6 Å². The topological polar surface area (TPSA) is 77.2 Å². The summed E-state index contributed by atoms with van der Waals surface area (Å²) < 4.78 is 4.97. The molecule has 0 aromatic carbocycles. The van der Waals surface area contributed by atoms with Crippen molar-refractivity contribution >= 4 is 11.6 Å². The highest BCUT2D eigenvalue weighted by Crippen LogP contribution is 2.21. The van der Waals surface area contributed by atoms with Crippen molar-refractivity contribution in [2.45, 2.75) is 33.1 Å². The number of methoxy groups -OCH3 is 1. The van der Waals surface area contributed by atoms with Crippen LogP contribution in [0.2, 0.25) is 0 Å². The fourth-order valence-electron chi connectivity index (χ4n) is 2.14. The van der Waals surface area contributed by atoms with Gasteiger partial charge in [-0.05, 0) is 37.3 Å². The molecular formula is C15H25N3O2. The van der Waals surface area contributed by atoms with Crippen LogP contribution in [0.15, 0.2) is 18.3 Å². The summed E-state index contributed by atoms with van der Waals surface area (Å²) in [5.41, 5.74) is 6.29. The number of carbonyl (C=O) groups is 1. The number of nitrogens with zero attached hydrogens (tertiary/aromatic N) is 1. The minimum atomic E-state index is 0.0136. The number of aromatic nitrogens is 1. The van der Waals surface area contributed by atoms with Gasteiger partial charge in [0.25, 0.3) is 0 Å². The molecule has 0 fully saturated rings. The van der Waals surface area contributed by atoms with Gasteiger partial charge in [-0.1, -0.05) is 13.8 Å². The molecule has 0 aliphatic carbocycles. The van der Waals surface area contributed by atoms with Gasteiger partial charge in [0.2, 0.25) is 11.8 Å². The molecule has 1 aromatic rings. The number of ether oxygens (including phenoxy) is 1. The van der Waals surface area contributed by atoms with Gasteiger partial charge in [-0.15, -0.1) is 0 Å². The minimum Gasteiger partial charge on any atom is -0.481 e. The number of rotatable bonds is 8. The number of nitrogens with two attached hydrogens (primary N) is 1. The quantitative estimate of drug-likeness (QED) is 0.766. The van der Waals surface area contributed by atoms with Crippen LogP contribution in [-0.4, -0.2) is 24.5 Å². The molecule has 0 aliphatic rings. The first-order chi connectivity index (χ1) is 9.56. The fourth-order valence-corrected chi connectivity index (χ4v) is 2.14. The van der Waals surface area contributed by atoms with Gasteiger partial charge in [-0.25, -0.2) is 4.98 Å². The number of amides is 1. The third kappa shape index (κ3) is 5.57. The van der Waals surface area contributed by atoms with Crippen LogP contribution in [0.5, 0.6) is 5.88 Å². The molecule has 1 heterocycles. The average Bonchev–Trinajstić information content (AvgIpc) is 2.44. The summed E-state index contributed by atoms with van der Waals surface area (Å²) in [6.45, 7) is 5.02. The molecule has 5 heteroatoms. The minimum absolute atomic E-state index is 0.0136. The molecule has 3 N–H and O–H groups in total. The van der Waals surface area contributed by atoms with Crippen LogP contribution in [0, 0.1) is 11.8 Å². The Morgan fingerprint density at radius 1 is 1.40 bits per heavy atom. The largest absolute Gasteiger partial charge is 0.481 e. The predicted molar refractivity (Wildman–Crippen MR) is 80.7 cm³/mol. The lowest BCUT2D eigenvalue weighted by Gasteiger charge is -2.19. The molecule has 0 aliphatic heterocycles. The molecule has 0 spiro atoms. The summed E-state index contributed by atoms with van der Waals surface area (Å²) in [6.07, 6.45) is 3.94. The van der Waals surface area contributed by atoms with Crippen molar-refractivity contribution in [3.8, 4) is 5.88 Å². The highest BCUT2D eigenvalue weighted by molar-refractivity contribution is 5.90. The summed E-state index contributed by atoms with van der Waals surface area (Å²) in [5, 5.41) is 2.84. The predicted octanol–water partition coefficient (Wildman–Crippen LogP) is 2.43. The molecular weight excluding hydrogens is 254 g/mol. The SMILES string of the molecule is COc1ccc(NC(=O)CCC(CCN)C(C)C)cn1. The van der Waals surface area contributed by atoms with Gasteiger partial charge in [0.15, 0.2) is 0 Å². The molecule has 0 saturated heterocycles. The standard InChI is InChI=1S/C15H25N3O2/c1-11(2)12(8-9-16)4-6-14(19)18-13-5-7-15(20-3)17-10-13/h5,7,10-12H,4,6,8-9,16H2,1-3H3,(H,18,19). The second kappa shape index (κ2) is 8.53. The zero-order valence-electron chi connectivity index (χ0n) is 12.6. The van der Waals surface area contributed by atoms with Gasteiger partial charge < -0.3 is 15.8 Å². The molecule has 1 rings (SSSR count). The maximum Gasteiger partial charge on any atom is 0.224 e. The van der Waals surface area contributed by atoms with Crippen LogP contribution >= 0.6 is 0 Å². The lowest BCUT2D eigenvalue weighted by atomic mass is 9.88. The lowest BCUT2D eigenvalue weighted by molar-refractivity contribution is -0.116. The molecule has 0 saturated carbocycles. The number of anilines is 1. The monoisotopic (exact) mass is 279 g/mol. The van der Waals surface area contributed by atoms with Crippen molar-refractivity contribution in [2.75, 3.05) is 19.0 Å². The molecule has 5 nitrogen and oxygen atoms in total. The van der Waals surface area contributed by atoms with E-state index in [0.717, 1.165) is 12.8 Å². The Bertz CT molecular complexity index is 404. The number of pyridine rings is 1. The van der Waals surface area contributed by atoms with Crippen molar-refractivity contribution in [3.63, 3.8) is 0 Å². The lowest BCUT2D eigenvalue weighted by Crippen LogP contribution is -2.18. The van der Waals surface area contributed by atoms with Gasteiger partial charge in [-0.3, -0.25) is 4.79 Å². The van der Waals surface area contributed by atoms with Gasteiger partial charge in [0.05, 0.1) is 19.0 Å². The van der Waals surface area contributed by atoms with E-state index in [-0.39, 0.29) is 5.91 Å². The summed E-state index contributed by atoms with van der Waals surface area (Å²) in [6, 6.07) is 3.50. The van der Waals surface area contributed by atoms with Crippen LogP contribution < -0.4 is 15.8 Å². The van der Waals surface area contributed by atoms with E-state index in [1.807, 2.05) is 0 Å². The van der Waals surface area contributed by atoms with E-state index in [2.05, 4.69) is 24.1 Å². The van der Waals surface area contributed by atoms with Gasteiger partial charge in [0, 0.05) is 12.5 Å². The first-order valence-electron chi connectivity index (χ1n) is 7.06. The second-order valence-electron chi connectivity index (χ2n) is 5.26. The Labute approximate surface area is 120 Å². The van der Waals surface area contributed by atoms with E-state index in [4.69, 9.17) is 10.5 Å². The highest BCUT2D eigenvalue weighted by atomic mass is 16.5. The van der Waals surface area contributed by atoms with E-state index in [0.29, 0.717) is 36.4 Å². The number of hydrogen-bond acceptors (Lipinski definition) is 4. The molecule has 0 bridgehead atoms. The van der Waals surface area contributed by atoms with Crippen LogP contribution in [-0.2, 0) is 4.79 Å². The number of hydrogen-bond donors (Lipinski definition) is 2. The maximum absolute atomic E-state index is 11.9. The third-order valence-electron chi connectivity index (χ3n) is 3.45. The molecule has 0 radical (unpaired) electrons. The van der Waals surface area contributed by atoms with Gasteiger partial charge in [0.1, 0.15) is 0 Å². The van der Waals surface area contributed by atoms with E-state index in [1.165, 1.54) is 0 Å². The van der Waals surface area contributed by atoms with Crippen LogP contribution in [0.4, 0.5) is 5.69 Å². The smallest absolute Gasteiger partial charge is 0.224 e. The average molecular weight is 279 g/mol.